The first-order valence-electron chi connectivity index (χ1n) is 7.44. The van der Waals surface area contributed by atoms with E-state index in [4.69, 9.17) is 0 Å². The lowest BCUT2D eigenvalue weighted by atomic mass is 10.0. The summed E-state index contributed by atoms with van der Waals surface area (Å²) in [5, 5.41) is 7.18. The highest BCUT2D eigenvalue weighted by atomic mass is 15.1. The first-order chi connectivity index (χ1) is 10.4. The van der Waals surface area contributed by atoms with E-state index in [1.165, 1.54) is 0 Å². The normalized spacial score (nSPS) is 8.95. The zero-order valence-electron chi connectivity index (χ0n) is 13.2. The van der Waals surface area contributed by atoms with Gasteiger partial charge in [-0.2, -0.15) is 5.10 Å². The lowest BCUT2D eigenvalue weighted by Crippen LogP contribution is -1.82. The average molecular weight is 281 g/mol. The summed E-state index contributed by atoms with van der Waals surface area (Å²) in [6.45, 7) is 8.00. The lowest BCUT2D eigenvalue weighted by molar-refractivity contribution is 1.10. The molecule has 3 nitrogen and oxygen atoms in total. The van der Waals surface area contributed by atoms with Gasteiger partial charge in [-0.1, -0.05) is 58.0 Å². The SMILES string of the molecule is CC.CC.c1ccc(-c2[nH]ncc2-c2ccncc2)cc1. The monoisotopic (exact) mass is 281 g/mol. The molecule has 1 N–H and O–H groups in total. The molecule has 3 rings (SSSR count). The minimum Gasteiger partial charge on any atom is -0.277 e. The van der Waals surface area contributed by atoms with Crippen LogP contribution in [0.5, 0.6) is 0 Å². The van der Waals surface area contributed by atoms with Crippen LogP contribution in [0.3, 0.4) is 0 Å². The van der Waals surface area contributed by atoms with Crippen LogP contribution in [-0.4, -0.2) is 15.2 Å². The highest BCUT2D eigenvalue weighted by Crippen LogP contribution is 2.29. The third-order valence-corrected chi connectivity index (χ3v) is 2.69. The molecule has 0 unspecified atom stereocenters. The highest BCUT2D eigenvalue weighted by Gasteiger charge is 2.08. The van der Waals surface area contributed by atoms with Crippen molar-refractivity contribution >= 4 is 0 Å². The molecule has 3 heteroatoms. The van der Waals surface area contributed by atoms with Gasteiger partial charge in [-0.3, -0.25) is 10.1 Å². The molecule has 0 radical (unpaired) electrons. The summed E-state index contributed by atoms with van der Waals surface area (Å²) in [5.41, 5.74) is 4.39. The van der Waals surface area contributed by atoms with Gasteiger partial charge in [-0.05, 0) is 17.7 Å². The molecule has 0 bridgehead atoms. The predicted octanol–water partition coefficient (Wildman–Crippen LogP) is 5.19. The van der Waals surface area contributed by atoms with E-state index in [-0.39, 0.29) is 0 Å². The van der Waals surface area contributed by atoms with E-state index in [9.17, 15) is 0 Å². The van der Waals surface area contributed by atoms with Crippen molar-refractivity contribution in [3.05, 3.63) is 61.1 Å². The van der Waals surface area contributed by atoms with Crippen molar-refractivity contribution in [2.75, 3.05) is 0 Å². The standard InChI is InChI=1S/C14H11N3.2C2H6/c1-2-4-12(5-3-1)14-13(10-16-17-14)11-6-8-15-9-7-11;2*1-2/h1-10H,(H,16,17);2*1-2H3. The molecule has 0 aliphatic heterocycles. The number of rotatable bonds is 2. The summed E-state index contributed by atoms with van der Waals surface area (Å²) in [6, 6.07) is 14.1. The van der Waals surface area contributed by atoms with E-state index in [0.717, 1.165) is 22.4 Å². The minimum atomic E-state index is 1.04. The summed E-state index contributed by atoms with van der Waals surface area (Å²) in [5.74, 6) is 0. The third kappa shape index (κ3) is 4.28. The Morgan fingerprint density at radius 2 is 1.38 bits per heavy atom. The summed E-state index contributed by atoms with van der Waals surface area (Å²) in [7, 11) is 0. The van der Waals surface area contributed by atoms with Crippen LogP contribution in [0.25, 0.3) is 22.4 Å². The molecule has 0 spiro atoms. The molecule has 21 heavy (non-hydrogen) atoms. The first-order valence-corrected chi connectivity index (χ1v) is 7.44. The first kappa shape index (κ1) is 16.6. The number of hydrogen-bond donors (Lipinski definition) is 1. The van der Waals surface area contributed by atoms with Crippen molar-refractivity contribution in [1.29, 1.82) is 0 Å². The maximum atomic E-state index is 4.13. The van der Waals surface area contributed by atoms with Crippen LogP contribution in [0.15, 0.2) is 61.1 Å². The van der Waals surface area contributed by atoms with Gasteiger partial charge >= 0.3 is 0 Å². The second-order valence-corrected chi connectivity index (χ2v) is 3.76. The van der Waals surface area contributed by atoms with Crippen molar-refractivity contribution in [2.24, 2.45) is 0 Å². The van der Waals surface area contributed by atoms with Gasteiger partial charge in [0.2, 0.25) is 0 Å². The van der Waals surface area contributed by atoms with Gasteiger partial charge < -0.3 is 0 Å². The average Bonchev–Trinajstić information content (AvgIpc) is 3.10. The van der Waals surface area contributed by atoms with Crippen LogP contribution < -0.4 is 0 Å². The van der Waals surface area contributed by atoms with E-state index in [1.807, 2.05) is 64.2 Å². The van der Waals surface area contributed by atoms with Gasteiger partial charge in [0.05, 0.1) is 11.9 Å². The molecule has 0 saturated heterocycles. The van der Waals surface area contributed by atoms with E-state index >= 15 is 0 Å². The Morgan fingerprint density at radius 1 is 0.762 bits per heavy atom. The summed E-state index contributed by atoms with van der Waals surface area (Å²) < 4.78 is 0. The summed E-state index contributed by atoms with van der Waals surface area (Å²) in [4.78, 5) is 4.03. The second kappa shape index (κ2) is 9.48. The van der Waals surface area contributed by atoms with Crippen molar-refractivity contribution in [1.82, 2.24) is 15.2 Å². The van der Waals surface area contributed by atoms with Crippen LogP contribution in [-0.2, 0) is 0 Å². The largest absolute Gasteiger partial charge is 0.277 e. The molecule has 2 heterocycles. The fourth-order valence-electron chi connectivity index (χ4n) is 1.86. The van der Waals surface area contributed by atoms with Crippen molar-refractivity contribution < 1.29 is 0 Å². The molecular weight excluding hydrogens is 258 g/mol. The van der Waals surface area contributed by atoms with Crippen LogP contribution in [0.2, 0.25) is 0 Å². The number of aromatic amines is 1. The fraction of sp³-hybridized carbons (Fsp3) is 0.222. The molecule has 0 aliphatic rings. The van der Waals surface area contributed by atoms with Gasteiger partial charge in [0.25, 0.3) is 0 Å². The number of nitrogens with zero attached hydrogens (tertiary/aromatic N) is 2. The number of aromatic nitrogens is 3. The molecule has 1 aromatic carbocycles. The Morgan fingerprint density at radius 3 is 2.00 bits per heavy atom. The van der Waals surface area contributed by atoms with E-state index in [0.29, 0.717) is 0 Å². The second-order valence-electron chi connectivity index (χ2n) is 3.76. The summed E-state index contributed by atoms with van der Waals surface area (Å²) >= 11 is 0. The van der Waals surface area contributed by atoms with Crippen molar-refractivity contribution in [3.63, 3.8) is 0 Å². The fourth-order valence-corrected chi connectivity index (χ4v) is 1.86. The Bertz CT molecular complexity index is 547. The van der Waals surface area contributed by atoms with Gasteiger partial charge in [0.1, 0.15) is 0 Å². The number of H-pyrrole nitrogens is 1. The topological polar surface area (TPSA) is 41.6 Å². The Kier molecular flexibility index (Phi) is 7.51. The third-order valence-electron chi connectivity index (χ3n) is 2.69. The number of pyridine rings is 1. The molecule has 110 valence electrons. The predicted molar refractivity (Wildman–Crippen MR) is 90.0 cm³/mol. The number of nitrogens with one attached hydrogen (secondary N) is 1. The molecule has 2 aromatic heterocycles. The molecule has 0 fully saturated rings. The summed E-state index contributed by atoms with van der Waals surface area (Å²) in [6.07, 6.45) is 5.42. The Labute approximate surface area is 127 Å². The maximum Gasteiger partial charge on any atom is 0.0728 e. The van der Waals surface area contributed by atoms with E-state index < -0.39 is 0 Å². The smallest absolute Gasteiger partial charge is 0.0728 e. The lowest BCUT2D eigenvalue weighted by Gasteiger charge is -2.02. The number of benzene rings is 1. The molecule has 0 saturated carbocycles. The van der Waals surface area contributed by atoms with Gasteiger partial charge in [-0.15, -0.1) is 0 Å². The van der Waals surface area contributed by atoms with Crippen molar-refractivity contribution in [3.8, 4) is 22.4 Å². The zero-order valence-corrected chi connectivity index (χ0v) is 13.2. The van der Waals surface area contributed by atoms with E-state index in [2.05, 4.69) is 27.3 Å². The molecule has 0 amide bonds. The highest BCUT2D eigenvalue weighted by molar-refractivity contribution is 5.79. The molecular formula is C18H23N3. The Balaban J connectivity index is 0.000000510. The number of hydrogen-bond acceptors (Lipinski definition) is 2. The zero-order chi connectivity index (χ0) is 15.5. The molecule has 0 atom stereocenters. The molecule has 0 aliphatic carbocycles. The van der Waals surface area contributed by atoms with Gasteiger partial charge in [0, 0.05) is 23.5 Å². The van der Waals surface area contributed by atoms with Crippen LogP contribution >= 0.6 is 0 Å². The minimum absolute atomic E-state index is 1.04. The quantitative estimate of drug-likeness (QED) is 0.702. The van der Waals surface area contributed by atoms with Crippen LogP contribution in [0.4, 0.5) is 0 Å². The molecule has 3 aromatic rings. The van der Waals surface area contributed by atoms with Crippen LogP contribution in [0, 0.1) is 0 Å². The van der Waals surface area contributed by atoms with Gasteiger partial charge in [0.15, 0.2) is 0 Å². The maximum absolute atomic E-state index is 4.13. The van der Waals surface area contributed by atoms with Gasteiger partial charge in [-0.25, -0.2) is 0 Å². The van der Waals surface area contributed by atoms with Crippen molar-refractivity contribution in [2.45, 2.75) is 27.7 Å². The van der Waals surface area contributed by atoms with E-state index in [1.54, 1.807) is 12.4 Å². The Hall–Kier alpha value is -2.42. The van der Waals surface area contributed by atoms with Crippen LogP contribution in [0.1, 0.15) is 27.7 Å².